The van der Waals surface area contributed by atoms with Crippen LogP contribution in [0.2, 0.25) is 10.2 Å². The standard InChI is InChI=1S/C10H4Cl2F2N4O/c11-5-7(12)16-3-17-9(5)18-10(19)4-1-2-15-8(14)6(4)13/h1-3H,(H,16,17,18,19). The molecule has 0 unspecified atom stereocenters. The van der Waals surface area contributed by atoms with Gasteiger partial charge in [0.05, 0.1) is 5.56 Å². The molecule has 2 aromatic rings. The summed E-state index contributed by atoms with van der Waals surface area (Å²) in [4.78, 5) is 22.1. The van der Waals surface area contributed by atoms with E-state index in [2.05, 4.69) is 20.3 Å². The summed E-state index contributed by atoms with van der Waals surface area (Å²) in [5, 5.41) is 2.01. The van der Waals surface area contributed by atoms with Gasteiger partial charge in [-0.15, -0.1) is 0 Å². The highest BCUT2D eigenvalue weighted by Gasteiger charge is 2.18. The Morgan fingerprint density at radius 1 is 1.21 bits per heavy atom. The highest BCUT2D eigenvalue weighted by atomic mass is 35.5. The van der Waals surface area contributed by atoms with Crippen molar-refractivity contribution < 1.29 is 13.6 Å². The minimum atomic E-state index is -1.38. The Morgan fingerprint density at radius 3 is 2.68 bits per heavy atom. The van der Waals surface area contributed by atoms with E-state index in [9.17, 15) is 13.6 Å². The molecule has 98 valence electrons. The van der Waals surface area contributed by atoms with Crippen LogP contribution in [0.3, 0.4) is 0 Å². The number of amides is 1. The summed E-state index contributed by atoms with van der Waals surface area (Å²) >= 11 is 11.4. The van der Waals surface area contributed by atoms with E-state index in [1.165, 1.54) is 0 Å². The van der Waals surface area contributed by atoms with Crippen LogP contribution in [0.4, 0.5) is 14.6 Å². The van der Waals surface area contributed by atoms with Crippen molar-refractivity contribution >= 4 is 34.9 Å². The quantitative estimate of drug-likeness (QED) is 0.684. The lowest BCUT2D eigenvalue weighted by Gasteiger charge is -2.07. The third-order valence-corrected chi connectivity index (χ3v) is 2.81. The lowest BCUT2D eigenvalue weighted by molar-refractivity contribution is 0.102. The molecule has 19 heavy (non-hydrogen) atoms. The minimum Gasteiger partial charge on any atom is -0.305 e. The summed E-state index contributed by atoms with van der Waals surface area (Å²) in [6.07, 6.45) is 2.02. The van der Waals surface area contributed by atoms with E-state index in [-0.39, 0.29) is 16.0 Å². The van der Waals surface area contributed by atoms with Crippen LogP contribution in [-0.2, 0) is 0 Å². The molecule has 2 aromatic heterocycles. The first-order valence-electron chi connectivity index (χ1n) is 4.78. The van der Waals surface area contributed by atoms with Crippen molar-refractivity contribution in [2.45, 2.75) is 0 Å². The average Bonchev–Trinajstić information content (AvgIpc) is 2.38. The van der Waals surface area contributed by atoms with Crippen LogP contribution in [-0.4, -0.2) is 20.9 Å². The summed E-state index contributed by atoms with van der Waals surface area (Å²) in [6, 6.07) is 1.02. The smallest absolute Gasteiger partial charge is 0.260 e. The third-order valence-electron chi connectivity index (χ3n) is 2.07. The summed E-state index contributed by atoms with van der Waals surface area (Å²) in [5.41, 5.74) is -0.529. The van der Waals surface area contributed by atoms with E-state index in [0.29, 0.717) is 0 Å². The van der Waals surface area contributed by atoms with Gasteiger partial charge in [0, 0.05) is 6.20 Å². The molecule has 1 N–H and O–H groups in total. The highest BCUT2D eigenvalue weighted by Crippen LogP contribution is 2.25. The predicted molar refractivity (Wildman–Crippen MR) is 64.2 cm³/mol. The zero-order valence-corrected chi connectivity index (χ0v) is 10.5. The van der Waals surface area contributed by atoms with Gasteiger partial charge in [-0.1, -0.05) is 23.2 Å². The number of anilines is 1. The number of carbonyl (C=O) groups is 1. The molecule has 0 saturated carbocycles. The number of hydrogen-bond acceptors (Lipinski definition) is 4. The van der Waals surface area contributed by atoms with Crippen LogP contribution in [0.1, 0.15) is 10.4 Å². The number of nitrogens with zero attached hydrogens (tertiary/aromatic N) is 3. The van der Waals surface area contributed by atoms with Crippen molar-refractivity contribution in [3.8, 4) is 0 Å². The van der Waals surface area contributed by atoms with Crippen molar-refractivity contribution in [3.63, 3.8) is 0 Å². The maximum absolute atomic E-state index is 13.3. The highest BCUT2D eigenvalue weighted by molar-refractivity contribution is 6.43. The first kappa shape index (κ1) is 13.6. The molecule has 0 radical (unpaired) electrons. The average molecular weight is 305 g/mol. The molecule has 0 aliphatic heterocycles. The van der Waals surface area contributed by atoms with Crippen molar-refractivity contribution in [3.05, 3.63) is 46.1 Å². The molecule has 0 aliphatic rings. The van der Waals surface area contributed by atoms with Gasteiger partial charge in [0.1, 0.15) is 11.3 Å². The Hall–Kier alpha value is -1.86. The maximum atomic E-state index is 13.3. The number of aromatic nitrogens is 3. The zero-order chi connectivity index (χ0) is 14.0. The Morgan fingerprint density at radius 2 is 1.95 bits per heavy atom. The first-order chi connectivity index (χ1) is 9.00. The zero-order valence-electron chi connectivity index (χ0n) is 8.99. The van der Waals surface area contributed by atoms with Gasteiger partial charge in [-0.25, -0.2) is 19.3 Å². The molecule has 0 aliphatic carbocycles. The van der Waals surface area contributed by atoms with Gasteiger partial charge in [-0.05, 0) is 6.07 Å². The van der Waals surface area contributed by atoms with Gasteiger partial charge in [0.2, 0.25) is 5.95 Å². The molecule has 0 spiro atoms. The normalized spacial score (nSPS) is 10.3. The minimum absolute atomic E-state index is 0.0756. The van der Waals surface area contributed by atoms with E-state index in [1.54, 1.807) is 0 Å². The van der Waals surface area contributed by atoms with Crippen molar-refractivity contribution in [1.29, 1.82) is 0 Å². The molecule has 1 amide bonds. The predicted octanol–water partition coefficient (Wildman–Crippen LogP) is 2.71. The SMILES string of the molecule is O=C(Nc1ncnc(Cl)c1Cl)c1ccnc(F)c1F. The summed E-state index contributed by atoms with van der Waals surface area (Å²) in [5.74, 6) is -3.78. The molecule has 0 atom stereocenters. The van der Waals surface area contributed by atoms with Gasteiger partial charge >= 0.3 is 0 Å². The Balaban J connectivity index is 2.31. The van der Waals surface area contributed by atoms with Gasteiger partial charge in [-0.2, -0.15) is 4.39 Å². The topological polar surface area (TPSA) is 67.8 Å². The van der Waals surface area contributed by atoms with Crippen LogP contribution >= 0.6 is 23.2 Å². The van der Waals surface area contributed by atoms with E-state index in [0.717, 1.165) is 18.6 Å². The van der Waals surface area contributed by atoms with Crippen LogP contribution in [0, 0.1) is 11.8 Å². The van der Waals surface area contributed by atoms with Gasteiger partial charge < -0.3 is 5.32 Å². The summed E-state index contributed by atoms with van der Waals surface area (Å²) in [7, 11) is 0. The molecule has 0 fully saturated rings. The number of halogens is 4. The number of hydrogen-bond donors (Lipinski definition) is 1. The fraction of sp³-hybridized carbons (Fsp3) is 0. The van der Waals surface area contributed by atoms with Crippen LogP contribution < -0.4 is 5.32 Å². The van der Waals surface area contributed by atoms with Crippen LogP contribution in [0.5, 0.6) is 0 Å². The lowest BCUT2D eigenvalue weighted by Crippen LogP contribution is -2.16. The molecule has 0 saturated heterocycles. The van der Waals surface area contributed by atoms with Gasteiger partial charge in [0.15, 0.2) is 16.8 Å². The molecule has 9 heteroatoms. The van der Waals surface area contributed by atoms with E-state index < -0.39 is 23.2 Å². The summed E-state index contributed by atoms with van der Waals surface area (Å²) < 4.78 is 26.2. The van der Waals surface area contributed by atoms with Crippen molar-refractivity contribution in [2.24, 2.45) is 0 Å². The maximum Gasteiger partial charge on any atom is 0.260 e. The third kappa shape index (κ3) is 2.77. The second kappa shape index (κ2) is 5.41. The van der Waals surface area contributed by atoms with E-state index in [4.69, 9.17) is 23.2 Å². The van der Waals surface area contributed by atoms with Crippen LogP contribution in [0.25, 0.3) is 0 Å². The number of nitrogens with one attached hydrogen (secondary N) is 1. The second-order valence-electron chi connectivity index (χ2n) is 3.24. The monoisotopic (exact) mass is 304 g/mol. The Labute approximate surface area is 115 Å². The van der Waals surface area contributed by atoms with Gasteiger partial charge in [0.25, 0.3) is 5.91 Å². The summed E-state index contributed by atoms with van der Waals surface area (Å²) in [6.45, 7) is 0. The largest absolute Gasteiger partial charge is 0.305 e. The molecule has 2 heterocycles. The lowest BCUT2D eigenvalue weighted by atomic mass is 10.2. The fourth-order valence-electron chi connectivity index (χ4n) is 1.20. The van der Waals surface area contributed by atoms with Crippen LogP contribution in [0.15, 0.2) is 18.6 Å². The first-order valence-corrected chi connectivity index (χ1v) is 5.53. The molecule has 2 rings (SSSR count). The molecule has 0 bridgehead atoms. The van der Waals surface area contributed by atoms with Crippen molar-refractivity contribution in [1.82, 2.24) is 15.0 Å². The van der Waals surface area contributed by atoms with E-state index >= 15 is 0 Å². The molecule has 5 nitrogen and oxygen atoms in total. The molecular weight excluding hydrogens is 301 g/mol. The second-order valence-corrected chi connectivity index (χ2v) is 3.98. The molecular formula is C10H4Cl2F2N4O. The van der Waals surface area contributed by atoms with Gasteiger partial charge in [-0.3, -0.25) is 4.79 Å². The molecule has 0 aromatic carbocycles. The van der Waals surface area contributed by atoms with E-state index in [1.807, 2.05) is 0 Å². The number of carbonyl (C=O) groups excluding carboxylic acids is 1. The number of rotatable bonds is 2. The Kier molecular flexibility index (Phi) is 3.87. The Bertz CT molecular complexity index is 653. The van der Waals surface area contributed by atoms with Crippen molar-refractivity contribution in [2.75, 3.05) is 5.32 Å². The number of pyridine rings is 1. The fourth-order valence-corrected chi connectivity index (χ4v) is 1.48.